The average Bonchev–Trinajstić information content (AvgIpc) is 2.59. The second-order valence-electron chi connectivity index (χ2n) is 3.48. The third-order valence-electron chi connectivity index (χ3n) is 2.36. The van der Waals surface area contributed by atoms with E-state index in [1.165, 1.54) is 4.88 Å². The lowest BCUT2D eigenvalue weighted by Crippen LogP contribution is -2.33. The molecule has 1 aliphatic heterocycles. The summed E-state index contributed by atoms with van der Waals surface area (Å²) in [6, 6.07) is 1.95. The van der Waals surface area contributed by atoms with Gasteiger partial charge in [-0.25, -0.2) is 0 Å². The molecule has 0 aliphatic carbocycles. The molecule has 0 saturated carbocycles. The van der Waals surface area contributed by atoms with Crippen LogP contribution in [0.2, 0.25) is 0 Å². The molecule has 0 amide bonds. The number of rotatable bonds is 2. The number of aliphatic hydroxyl groups excluding tert-OH is 1. The van der Waals surface area contributed by atoms with Crippen LogP contribution in [-0.2, 0) is 9.47 Å². The van der Waals surface area contributed by atoms with Gasteiger partial charge in [0.05, 0.1) is 19.8 Å². The number of aryl methyl sites for hydroxylation is 1. The van der Waals surface area contributed by atoms with Crippen LogP contribution in [0, 0.1) is 6.92 Å². The monoisotopic (exact) mass is 292 g/mol. The third kappa shape index (κ3) is 2.60. The van der Waals surface area contributed by atoms with Crippen molar-refractivity contribution in [2.45, 2.75) is 19.1 Å². The minimum Gasteiger partial charge on any atom is -0.385 e. The highest BCUT2D eigenvalue weighted by molar-refractivity contribution is 9.10. The van der Waals surface area contributed by atoms with Gasteiger partial charge in [-0.15, -0.1) is 11.3 Å². The van der Waals surface area contributed by atoms with Crippen molar-refractivity contribution in [1.82, 2.24) is 0 Å². The van der Waals surface area contributed by atoms with Crippen LogP contribution in [0.3, 0.4) is 0 Å². The van der Waals surface area contributed by atoms with E-state index in [0.717, 1.165) is 9.35 Å². The Kier molecular flexibility index (Phi) is 3.79. The summed E-state index contributed by atoms with van der Waals surface area (Å²) in [5.74, 6) is 0. The Morgan fingerprint density at radius 3 is 2.93 bits per heavy atom. The summed E-state index contributed by atoms with van der Waals surface area (Å²) < 4.78 is 11.8. The van der Waals surface area contributed by atoms with Crippen LogP contribution in [-0.4, -0.2) is 31.0 Å². The molecular weight excluding hydrogens is 280 g/mol. The molecule has 0 spiro atoms. The fraction of sp³-hybridized carbons (Fsp3) is 0.600. The van der Waals surface area contributed by atoms with E-state index in [-0.39, 0.29) is 6.10 Å². The van der Waals surface area contributed by atoms with Gasteiger partial charge in [-0.1, -0.05) is 0 Å². The smallest absolute Gasteiger partial charge is 0.117 e. The molecule has 5 heteroatoms. The van der Waals surface area contributed by atoms with Gasteiger partial charge in [-0.3, -0.25) is 0 Å². The molecule has 0 aromatic carbocycles. The zero-order chi connectivity index (χ0) is 10.8. The molecule has 2 unspecified atom stereocenters. The van der Waals surface area contributed by atoms with Crippen molar-refractivity contribution in [2.24, 2.45) is 0 Å². The minimum atomic E-state index is -0.583. The van der Waals surface area contributed by atoms with E-state index >= 15 is 0 Å². The van der Waals surface area contributed by atoms with E-state index in [1.54, 1.807) is 11.3 Å². The predicted octanol–water partition coefficient (Wildman–Crippen LogP) is 2.27. The minimum absolute atomic E-state index is 0.233. The molecule has 3 nitrogen and oxygen atoms in total. The molecule has 1 aromatic rings. The normalized spacial score (nSPS) is 24.1. The maximum atomic E-state index is 10.1. The summed E-state index contributed by atoms with van der Waals surface area (Å²) >= 11 is 5.02. The molecule has 1 fully saturated rings. The second-order valence-corrected chi connectivity index (χ2v) is 5.62. The van der Waals surface area contributed by atoms with E-state index in [1.807, 2.05) is 13.0 Å². The highest BCUT2D eigenvalue weighted by Crippen LogP contribution is 2.33. The van der Waals surface area contributed by atoms with E-state index < -0.39 is 6.10 Å². The van der Waals surface area contributed by atoms with E-state index in [9.17, 15) is 5.11 Å². The summed E-state index contributed by atoms with van der Waals surface area (Å²) in [4.78, 5) is 2.09. The van der Waals surface area contributed by atoms with Gasteiger partial charge in [0.15, 0.2) is 0 Å². The first-order valence-electron chi connectivity index (χ1n) is 4.81. The average molecular weight is 293 g/mol. The van der Waals surface area contributed by atoms with Crippen molar-refractivity contribution in [3.8, 4) is 0 Å². The Balaban J connectivity index is 2.08. The SMILES string of the molecule is Cc1sc(C(O)C2COCCO2)cc1Br. The summed E-state index contributed by atoms with van der Waals surface area (Å²) in [6.45, 7) is 3.67. The first kappa shape index (κ1) is 11.5. The molecule has 2 heterocycles. The van der Waals surface area contributed by atoms with Gasteiger partial charge in [0.2, 0.25) is 0 Å². The Labute approximate surface area is 101 Å². The molecule has 1 saturated heterocycles. The Morgan fingerprint density at radius 2 is 2.40 bits per heavy atom. The third-order valence-corrected chi connectivity index (χ3v) is 4.57. The van der Waals surface area contributed by atoms with Gasteiger partial charge < -0.3 is 14.6 Å². The second kappa shape index (κ2) is 4.93. The molecule has 15 heavy (non-hydrogen) atoms. The summed E-state index contributed by atoms with van der Waals surface area (Å²) in [7, 11) is 0. The molecule has 2 rings (SSSR count). The number of aliphatic hydroxyl groups is 1. The molecule has 2 atom stereocenters. The summed E-state index contributed by atoms with van der Waals surface area (Å²) in [5.41, 5.74) is 0. The van der Waals surface area contributed by atoms with Crippen LogP contribution in [0.5, 0.6) is 0 Å². The van der Waals surface area contributed by atoms with Crippen molar-refractivity contribution in [3.05, 3.63) is 20.3 Å². The maximum absolute atomic E-state index is 10.1. The van der Waals surface area contributed by atoms with Crippen molar-refractivity contribution in [3.63, 3.8) is 0 Å². The lowest BCUT2D eigenvalue weighted by molar-refractivity contribution is -0.132. The van der Waals surface area contributed by atoms with Crippen LogP contribution >= 0.6 is 27.3 Å². The van der Waals surface area contributed by atoms with Gasteiger partial charge in [0, 0.05) is 14.2 Å². The summed E-state index contributed by atoms with van der Waals surface area (Å²) in [5, 5.41) is 10.1. The Morgan fingerprint density at radius 1 is 1.60 bits per heavy atom. The Hall–Kier alpha value is 0.0600. The number of halogens is 1. The van der Waals surface area contributed by atoms with Gasteiger partial charge in [0.1, 0.15) is 12.2 Å². The number of hydrogen-bond acceptors (Lipinski definition) is 4. The molecular formula is C10H13BrO3S. The predicted molar refractivity (Wildman–Crippen MR) is 62.3 cm³/mol. The topological polar surface area (TPSA) is 38.7 Å². The fourth-order valence-electron chi connectivity index (χ4n) is 1.50. The van der Waals surface area contributed by atoms with Gasteiger partial charge in [0.25, 0.3) is 0 Å². The summed E-state index contributed by atoms with van der Waals surface area (Å²) in [6.07, 6.45) is -0.816. The lowest BCUT2D eigenvalue weighted by Gasteiger charge is -2.26. The molecule has 1 aromatic heterocycles. The van der Waals surface area contributed by atoms with Gasteiger partial charge in [-0.2, -0.15) is 0 Å². The van der Waals surface area contributed by atoms with Crippen molar-refractivity contribution in [1.29, 1.82) is 0 Å². The molecule has 1 aliphatic rings. The molecule has 0 radical (unpaired) electrons. The zero-order valence-electron chi connectivity index (χ0n) is 8.40. The number of ether oxygens (including phenoxy) is 2. The number of hydrogen-bond donors (Lipinski definition) is 1. The fourth-order valence-corrected chi connectivity index (χ4v) is 3.10. The van der Waals surface area contributed by atoms with E-state index in [4.69, 9.17) is 9.47 Å². The van der Waals surface area contributed by atoms with E-state index in [2.05, 4.69) is 15.9 Å². The lowest BCUT2D eigenvalue weighted by atomic mass is 10.1. The van der Waals surface area contributed by atoms with Crippen molar-refractivity contribution >= 4 is 27.3 Å². The zero-order valence-corrected chi connectivity index (χ0v) is 10.8. The number of thiophene rings is 1. The largest absolute Gasteiger partial charge is 0.385 e. The quantitative estimate of drug-likeness (QED) is 0.909. The molecule has 84 valence electrons. The van der Waals surface area contributed by atoms with E-state index in [0.29, 0.717) is 19.8 Å². The van der Waals surface area contributed by atoms with Crippen LogP contribution in [0.4, 0.5) is 0 Å². The van der Waals surface area contributed by atoms with Crippen molar-refractivity contribution < 1.29 is 14.6 Å². The van der Waals surface area contributed by atoms with Crippen LogP contribution in [0.1, 0.15) is 15.9 Å². The van der Waals surface area contributed by atoms with Crippen molar-refractivity contribution in [2.75, 3.05) is 19.8 Å². The standard InChI is InChI=1S/C10H13BrO3S/c1-6-7(11)4-9(15-6)10(12)8-5-13-2-3-14-8/h4,8,10,12H,2-3,5H2,1H3. The molecule has 0 bridgehead atoms. The van der Waals surface area contributed by atoms with Gasteiger partial charge >= 0.3 is 0 Å². The van der Waals surface area contributed by atoms with Crippen LogP contribution in [0.25, 0.3) is 0 Å². The first-order chi connectivity index (χ1) is 7.18. The van der Waals surface area contributed by atoms with Crippen LogP contribution < -0.4 is 0 Å². The van der Waals surface area contributed by atoms with Gasteiger partial charge in [-0.05, 0) is 28.9 Å². The molecule has 1 N–H and O–H groups in total. The first-order valence-corrected chi connectivity index (χ1v) is 6.42. The highest BCUT2D eigenvalue weighted by atomic mass is 79.9. The Bertz CT molecular complexity index is 314. The highest BCUT2D eigenvalue weighted by Gasteiger charge is 2.26. The van der Waals surface area contributed by atoms with Crippen LogP contribution in [0.15, 0.2) is 10.5 Å². The maximum Gasteiger partial charge on any atom is 0.117 e.